The Labute approximate surface area is 119 Å². The van der Waals surface area contributed by atoms with E-state index in [1.807, 2.05) is 6.92 Å². The number of carbonyl (C=O) groups is 2. The number of hydrogen-bond acceptors (Lipinski definition) is 4. The second-order valence-electron chi connectivity index (χ2n) is 5.99. The third-order valence-corrected chi connectivity index (χ3v) is 3.09. The molecule has 5 nitrogen and oxygen atoms in total. The molecule has 0 N–H and O–H groups in total. The summed E-state index contributed by atoms with van der Waals surface area (Å²) in [6.45, 7) is 8.87. The van der Waals surface area contributed by atoms with E-state index in [1.54, 1.807) is 53.1 Å². The fraction of sp³-hybridized carbons (Fsp3) is 0.533. The SMILES string of the molecule is Cc1ccc(C(C)(C=O)N(C)C(=O)OC(C)(C)C)cn1. The van der Waals surface area contributed by atoms with Crippen LogP contribution in [0.3, 0.4) is 0 Å². The van der Waals surface area contributed by atoms with Gasteiger partial charge in [0.15, 0.2) is 0 Å². The number of aryl methyl sites for hydroxylation is 1. The molecule has 1 amide bonds. The maximum atomic E-state index is 12.1. The fourth-order valence-electron chi connectivity index (χ4n) is 1.63. The Morgan fingerprint density at radius 3 is 2.30 bits per heavy atom. The monoisotopic (exact) mass is 278 g/mol. The van der Waals surface area contributed by atoms with E-state index < -0.39 is 17.2 Å². The zero-order chi connectivity index (χ0) is 15.6. The number of likely N-dealkylation sites (N-methyl/N-ethyl adjacent to an activating group) is 1. The summed E-state index contributed by atoms with van der Waals surface area (Å²) < 4.78 is 5.30. The summed E-state index contributed by atoms with van der Waals surface area (Å²) in [4.78, 5) is 29.1. The van der Waals surface area contributed by atoms with Crippen molar-refractivity contribution >= 4 is 12.4 Å². The third kappa shape index (κ3) is 3.56. The highest BCUT2D eigenvalue weighted by Crippen LogP contribution is 2.26. The first-order valence-corrected chi connectivity index (χ1v) is 6.46. The Morgan fingerprint density at radius 1 is 1.30 bits per heavy atom. The molecule has 0 fully saturated rings. The number of ether oxygens (including phenoxy) is 1. The number of amides is 1. The van der Waals surface area contributed by atoms with Crippen molar-refractivity contribution < 1.29 is 14.3 Å². The van der Waals surface area contributed by atoms with Crippen LogP contribution < -0.4 is 0 Å². The molecular weight excluding hydrogens is 256 g/mol. The lowest BCUT2D eigenvalue weighted by molar-refractivity contribution is -0.117. The molecule has 0 aromatic carbocycles. The van der Waals surface area contributed by atoms with Gasteiger partial charge in [-0.25, -0.2) is 4.79 Å². The van der Waals surface area contributed by atoms with Crippen molar-refractivity contribution in [2.24, 2.45) is 0 Å². The van der Waals surface area contributed by atoms with Gasteiger partial charge in [-0.3, -0.25) is 9.88 Å². The lowest BCUT2D eigenvalue weighted by Gasteiger charge is -2.35. The Balaban J connectivity index is 3.07. The molecule has 0 saturated carbocycles. The van der Waals surface area contributed by atoms with Gasteiger partial charge in [0.25, 0.3) is 0 Å². The van der Waals surface area contributed by atoms with Crippen molar-refractivity contribution in [3.8, 4) is 0 Å². The molecule has 1 aromatic rings. The molecule has 1 heterocycles. The minimum atomic E-state index is -1.11. The summed E-state index contributed by atoms with van der Waals surface area (Å²) in [6, 6.07) is 3.59. The Hall–Kier alpha value is -1.91. The van der Waals surface area contributed by atoms with Gasteiger partial charge in [0.1, 0.15) is 17.4 Å². The van der Waals surface area contributed by atoms with E-state index >= 15 is 0 Å². The first-order valence-electron chi connectivity index (χ1n) is 6.46. The van der Waals surface area contributed by atoms with Crippen molar-refractivity contribution in [3.63, 3.8) is 0 Å². The topological polar surface area (TPSA) is 59.5 Å². The molecular formula is C15H22N2O3. The van der Waals surface area contributed by atoms with E-state index in [0.29, 0.717) is 5.56 Å². The Kier molecular flexibility index (Phi) is 4.53. The van der Waals surface area contributed by atoms with Crippen LogP contribution in [0.1, 0.15) is 39.0 Å². The van der Waals surface area contributed by atoms with E-state index in [2.05, 4.69) is 4.98 Å². The van der Waals surface area contributed by atoms with Crippen molar-refractivity contribution in [1.82, 2.24) is 9.88 Å². The van der Waals surface area contributed by atoms with Gasteiger partial charge >= 0.3 is 6.09 Å². The van der Waals surface area contributed by atoms with E-state index in [0.717, 1.165) is 12.0 Å². The summed E-state index contributed by atoms with van der Waals surface area (Å²) in [5.74, 6) is 0. The fourth-order valence-corrected chi connectivity index (χ4v) is 1.63. The summed E-state index contributed by atoms with van der Waals surface area (Å²) in [6.07, 6.45) is 1.78. The number of rotatable bonds is 3. The highest BCUT2D eigenvalue weighted by atomic mass is 16.6. The molecule has 0 bridgehead atoms. The van der Waals surface area contributed by atoms with Gasteiger partial charge in [-0.15, -0.1) is 0 Å². The second-order valence-corrected chi connectivity index (χ2v) is 5.99. The van der Waals surface area contributed by atoms with E-state index in [9.17, 15) is 9.59 Å². The normalized spacial score (nSPS) is 14.3. The molecule has 1 aromatic heterocycles. The average Bonchev–Trinajstić information content (AvgIpc) is 2.35. The van der Waals surface area contributed by atoms with Crippen molar-refractivity contribution in [1.29, 1.82) is 0 Å². The Morgan fingerprint density at radius 2 is 1.90 bits per heavy atom. The van der Waals surface area contributed by atoms with E-state index in [4.69, 9.17) is 4.74 Å². The van der Waals surface area contributed by atoms with Crippen LogP contribution in [0.25, 0.3) is 0 Å². The minimum absolute atomic E-state index is 0.548. The molecule has 0 aliphatic heterocycles. The zero-order valence-electron chi connectivity index (χ0n) is 12.9. The molecule has 0 radical (unpaired) electrons. The molecule has 110 valence electrons. The first kappa shape index (κ1) is 16.1. The summed E-state index contributed by atoms with van der Waals surface area (Å²) in [5, 5.41) is 0. The van der Waals surface area contributed by atoms with Gasteiger partial charge in [-0.05, 0) is 40.7 Å². The van der Waals surface area contributed by atoms with Crippen LogP contribution in [-0.4, -0.2) is 34.9 Å². The highest BCUT2D eigenvalue weighted by Gasteiger charge is 2.36. The highest BCUT2D eigenvalue weighted by molar-refractivity contribution is 5.77. The van der Waals surface area contributed by atoms with Gasteiger partial charge in [0, 0.05) is 24.5 Å². The maximum absolute atomic E-state index is 12.1. The molecule has 0 aliphatic rings. The van der Waals surface area contributed by atoms with Crippen LogP contribution in [0.5, 0.6) is 0 Å². The second kappa shape index (κ2) is 5.61. The number of aldehydes is 1. The summed E-state index contributed by atoms with van der Waals surface area (Å²) in [7, 11) is 1.54. The number of pyridine rings is 1. The molecule has 0 aliphatic carbocycles. The van der Waals surface area contributed by atoms with Crippen LogP contribution in [0, 0.1) is 6.92 Å². The predicted octanol–water partition coefficient (Wildman–Crippen LogP) is 2.67. The van der Waals surface area contributed by atoms with Gasteiger partial charge in [-0.2, -0.15) is 0 Å². The lowest BCUT2D eigenvalue weighted by atomic mass is 9.93. The summed E-state index contributed by atoms with van der Waals surface area (Å²) >= 11 is 0. The van der Waals surface area contributed by atoms with Gasteiger partial charge < -0.3 is 9.53 Å². The van der Waals surface area contributed by atoms with Crippen molar-refractivity contribution in [2.75, 3.05) is 7.05 Å². The van der Waals surface area contributed by atoms with Crippen LogP contribution in [0.2, 0.25) is 0 Å². The predicted molar refractivity (Wildman–Crippen MR) is 76.4 cm³/mol. The van der Waals surface area contributed by atoms with Gasteiger partial charge in [0.05, 0.1) is 0 Å². The molecule has 0 saturated heterocycles. The van der Waals surface area contributed by atoms with Crippen LogP contribution in [0.4, 0.5) is 4.79 Å². The van der Waals surface area contributed by atoms with Gasteiger partial charge in [-0.1, -0.05) is 6.07 Å². The first-order chi connectivity index (χ1) is 9.10. The van der Waals surface area contributed by atoms with E-state index in [-0.39, 0.29) is 0 Å². The zero-order valence-corrected chi connectivity index (χ0v) is 12.9. The molecule has 1 rings (SSSR count). The molecule has 20 heavy (non-hydrogen) atoms. The van der Waals surface area contributed by atoms with Crippen molar-refractivity contribution in [2.45, 2.75) is 45.8 Å². The van der Waals surface area contributed by atoms with Crippen molar-refractivity contribution in [3.05, 3.63) is 29.6 Å². The largest absolute Gasteiger partial charge is 0.444 e. The summed E-state index contributed by atoms with van der Waals surface area (Å²) in [5.41, 5.74) is -0.225. The van der Waals surface area contributed by atoms with Crippen LogP contribution in [0.15, 0.2) is 18.3 Å². The van der Waals surface area contributed by atoms with Crippen LogP contribution >= 0.6 is 0 Å². The molecule has 1 atom stereocenters. The third-order valence-electron chi connectivity index (χ3n) is 3.09. The molecule has 0 spiro atoms. The average molecular weight is 278 g/mol. The number of aromatic nitrogens is 1. The van der Waals surface area contributed by atoms with Crippen LogP contribution in [-0.2, 0) is 15.1 Å². The lowest BCUT2D eigenvalue weighted by Crippen LogP contribution is -2.48. The number of nitrogens with zero attached hydrogens (tertiary/aromatic N) is 2. The smallest absolute Gasteiger partial charge is 0.411 e. The maximum Gasteiger partial charge on any atom is 0.411 e. The number of carbonyl (C=O) groups excluding carboxylic acids is 2. The molecule has 5 heteroatoms. The standard InChI is InChI=1S/C15H22N2O3/c1-11-7-8-12(9-16-11)15(5,10-18)17(6)13(19)20-14(2,3)4/h7-10H,1-6H3. The molecule has 1 unspecified atom stereocenters. The minimum Gasteiger partial charge on any atom is -0.444 e. The van der Waals surface area contributed by atoms with Gasteiger partial charge in [0.2, 0.25) is 0 Å². The Bertz CT molecular complexity index is 491. The number of hydrogen-bond donors (Lipinski definition) is 0. The quantitative estimate of drug-likeness (QED) is 0.798. The van der Waals surface area contributed by atoms with E-state index in [1.165, 1.54) is 4.90 Å².